The maximum Gasteiger partial charge on any atom is 0.119 e. The highest BCUT2D eigenvalue weighted by atomic mass is 16.5. The number of aromatic nitrogens is 1. The summed E-state index contributed by atoms with van der Waals surface area (Å²) in [5, 5.41) is 3.55. The minimum absolute atomic E-state index is 0.413. The molecule has 0 fully saturated rings. The molecule has 1 unspecified atom stereocenters. The first-order valence-electron chi connectivity index (χ1n) is 7.07. The van der Waals surface area contributed by atoms with E-state index in [1.54, 1.807) is 7.11 Å². The molecule has 0 radical (unpaired) electrons. The zero-order chi connectivity index (χ0) is 14.2. The Labute approximate surface area is 121 Å². The molecule has 106 valence electrons. The number of methoxy groups -OCH3 is 1. The van der Waals surface area contributed by atoms with Crippen LogP contribution in [0.5, 0.6) is 5.75 Å². The third-order valence-electron chi connectivity index (χ3n) is 3.31. The van der Waals surface area contributed by atoms with Crippen molar-refractivity contribution in [2.75, 3.05) is 13.7 Å². The standard InChI is InChI=1S/C17H22N2O/c1-3-19-16(11-15-7-5-9-18-13-15)10-14-6-4-8-17(12-14)20-2/h4-9,12-13,16,19H,3,10-11H2,1-2H3. The predicted molar refractivity (Wildman–Crippen MR) is 82.1 cm³/mol. The summed E-state index contributed by atoms with van der Waals surface area (Å²) in [6.07, 6.45) is 5.72. The van der Waals surface area contributed by atoms with Gasteiger partial charge < -0.3 is 10.1 Å². The molecular formula is C17H22N2O. The van der Waals surface area contributed by atoms with Crippen molar-refractivity contribution >= 4 is 0 Å². The van der Waals surface area contributed by atoms with E-state index in [0.29, 0.717) is 6.04 Å². The molecule has 0 aliphatic rings. The van der Waals surface area contributed by atoms with E-state index in [1.807, 2.05) is 30.6 Å². The molecule has 1 atom stereocenters. The van der Waals surface area contributed by atoms with E-state index in [1.165, 1.54) is 11.1 Å². The number of likely N-dealkylation sites (N-methyl/N-ethyl adjacent to an activating group) is 1. The first-order chi connectivity index (χ1) is 9.81. The lowest BCUT2D eigenvalue weighted by Gasteiger charge is -2.18. The van der Waals surface area contributed by atoms with Gasteiger partial charge in [0.05, 0.1) is 7.11 Å². The molecular weight excluding hydrogens is 248 g/mol. The second-order valence-electron chi connectivity index (χ2n) is 4.88. The Bertz CT molecular complexity index is 513. The van der Waals surface area contributed by atoms with Crippen LogP contribution in [0.4, 0.5) is 0 Å². The van der Waals surface area contributed by atoms with Gasteiger partial charge in [-0.3, -0.25) is 4.98 Å². The van der Waals surface area contributed by atoms with Crippen LogP contribution < -0.4 is 10.1 Å². The van der Waals surface area contributed by atoms with E-state index in [-0.39, 0.29) is 0 Å². The van der Waals surface area contributed by atoms with Crippen molar-refractivity contribution in [1.29, 1.82) is 0 Å². The number of pyridine rings is 1. The molecule has 20 heavy (non-hydrogen) atoms. The van der Waals surface area contributed by atoms with Crippen LogP contribution in [-0.2, 0) is 12.8 Å². The highest BCUT2D eigenvalue weighted by Gasteiger charge is 2.10. The average Bonchev–Trinajstić information content (AvgIpc) is 2.49. The van der Waals surface area contributed by atoms with E-state index in [2.05, 4.69) is 35.4 Å². The lowest BCUT2D eigenvalue weighted by atomic mass is 9.99. The van der Waals surface area contributed by atoms with Gasteiger partial charge in [-0.15, -0.1) is 0 Å². The van der Waals surface area contributed by atoms with E-state index < -0.39 is 0 Å². The predicted octanol–water partition coefficient (Wildman–Crippen LogP) is 2.85. The van der Waals surface area contributed by atoms with Gasteiger partial charge in [0.25, 0.3) is 0 Å². The molecule has 0 saturated carbocycles. The van der Waals surface area contributed by atoms with Gasteiger partial charge in [-0.1, -0.05) is 25.1 Å². The third-order valence-corrected chi connectivity index (χ3v) is 3.31. The zero-order valence-electron chi connectivity index (χ0n) is 12.2. The Kier molecular flexibility index (Phi) is 5.56. The summed E-state index contributed by atoms with van der Waals surface area (Å²) >= 11 is 0. The quantitative estimate of drug-likeness (QED) is 0.840. The van der Waals surface area contributed by atoms with Gasteiger partial charge in [0.15, 0.2) is 0 Å². The molecule has 2 rings (SSSR count). The molecule has 0 saturated heterocycles. The molecule has 3 heteroatoms. The summed E-state index contributed by atoms with van der Waals surface area (Å²) in [5.41, 5.74) is 2.56. The lowest BCUT2D eigenvalue weighted by molar-refractivity contribution is 0.413. The van der Waals surface area contributed by atoms with E-state index in [4.69, 9.17) is 4.74 Å². The summed E-state index contributed by atoms with van der Waals surface area (Å²) in [7, 11) is 1.70. The van der Waals surface area contributed by atoms with Crippen LogP contribution in [0, 0.1) is 0 Å². The van der Waals surface area contributed by atoms with Crippen LogP contribution in [0.1, 0.15) is 18.1 Å². The second-order valence-corrected chi connectivity index (χ2v) is 4.88. The molecule has 0 aliphatic carbocycles. The van der Waals surface area contributed by atoms with E-state index in [0.717, 1.165) is 25.1 Å². The number of ether oxygens (including phenoxy) is 1. The molecule has 3 nitrogen and oxygen atoms in total. The topological polar surface area (TPSA) is 34.2 Å². The highest BCUT2D eigenvalue weighted by Crippen LogP contribution is 2.15. The van der Waals surface area contributed by atoms with Gasteiger partial charge >= 0.3 is 0 Å². The van der Waals surface area contributed by atoms with Crippen molar-refractivity contribution in [1.82, 2.24) is 10.3 Å². The maximum atomic E-state index is 5.28. The fourth-order valence-corrected chi connectivity index (χ4v) is 2.39. The first-order valence-corrected chi connectivity index (χ1v) is 7.07. The normalized spacial score (nSPS) is 12.1. The molecule has 1 aromatic heterocycles. The van der Waals surface area contributed by atoms with Crippen LogP contribution in [-0.4, -0.2) is 24.7 Å². The van der Waals surface area contributed by atoms with Gasteiger partial charge in [-0.05, 0) is 48.7 Å². The monoisotopic (exact) mass is 270 g/mol. The summed E-state index contributed by atoms with van der Waals surface area (Å²) in [4.78, 5) is 4.18. The number of hydrogen-bond acceptors (Lipinski definition) is 3. The van der Waals surface area contributed by atoms with Crippen molar-refractivity contribution in [3.05, 3.63) is 59.9 Å². The van der Waals surface area contributed by atoms with E-state index >= 15 is 0 Å². The zero-order valence-corrected chi connectivity index (χ0v) is 12.2. The number of nitrogens with one attached hydrogen (secondary N) is 1. The molecule has 1 N–H and O–H groups in total. The number of benzene rings is 1. The SMILES string of the molecule is CCNC(Cc1cccnc1)Cc1cccc(OC)c1. The maximum absolute atomic E-state index is 5.28. The Morgan fingerprint density at radius 3 is 2.65 bits per heavy atom. The van der Waals surface area contributed by atoms with Crippen LogP contribution in [0.25, 0.3) is 0 Å². The summed E-state index contributed by atoms with van der Waals surface area (Å²) in [5.74, 6) is 0.916. The van der Waals surface area contributed by atoms with Crippen LogP contribution in [0.2, 0.25) is 0 Å². The van der Waals surface area contributed by atoms with E-state index in [9.17, 15) is 0 Å². The molecule has 1 aromatic carbocycles. The lowest BCUT2D eigenvalue weighted by Crippen LogP contribution is -2.33. The van der Waals surface area contributed by atoms with Crippen LogP contribution in [0.3, 0.4) is 0 Å². The van der Waals surface area contributed by atoms with Crippen molar-refractivity contribution in [2.45, 2.75) is 25.8 Å². The van der Waals surface area contributed by atoms with Crippen LogP contribution in [0.15, 0.2) is 48.8 Å². The third kappa shape index (κ3) is 4.35. The van der Waals surface area contributed by atoms with Crippen molar-refractivity contribution in [2.24, 2.45) is 0 Å². The summed E-state index contributed by atoms with van der Waals surface area (Å²) in [6, 6.07) is 12.8. The smallest absolute Gasteiger partial charge is 0.119 e. The fourth-order valence-electron chi connectivity index (χ4n) is 2.39. The number of hydrogen-bond donors (Lipinski definition) is 1. The minimum Gasteiger partial charge on any atom is -0.497 e. The van der Waals surface area contributed by atoms with Gasteiger partial charge in [-0.25, -0.2) is 0 Å². The molecule has 0 spiro atoms. The second kappa shape index (κ2) is 7.65. The van der Waals surface area contributed by atoms with Crippen molar-refractivity contribution in [3.63, 3.8) is 0 Å². The molecule has 0 amide bonds. The van der Waals surface area contributed by atoms with Gasteiger partial charge in [0, 0.05) is 18.4 Å². The first kappa shape index (κ1) is 14.5. The Morgan fingerprint density at radius 1 is 1.15 bits per heavy atom. The van der Waals surface area contributed by atoms with Gasteiger partial charge in [0.1, 0.15) is 5.75 Å². The summed E-state index contributed by atoms with van der Waals surface area (Å²) < 4.78 is 5.28. The summed E-state index contributed by atoms with van der Waals surface area (Å²) in [6.45, 7) is 3.11. The number of nitrogens with zero attached hydrogens (tertiary/aromatic N) is 1. The van der Waals surface area contributed by atoms with Crippen molar-refractivity contribution < 1.29 is 4.74 Å². The minimum atomic E-state index is 0.413. The highest BCUT2D eigenvalue weighted by molar-refractivity contribution is 5.29. The Hall–Kier alpha value is -1.87. The molecule has 0 bridgehead atoms. The average molecular weight is 270 g/mol. The Balaban J connectivity index is 2.04. The Morgan fingerprint density at radius 2 is 1.95 bits per heavy atom. The fraction of sp³-hybridized carbons (Fsp3) is 0.353. The number of rotatable bonds is 7. The van der Waals surface area contributed by atoms with Gasteiger partial charge in [0.2, 0.25) is 0 Å². The molecule has 2 aromatic rings. The largest absolute Gasteiger partial charge is 0.497 e. The van der Waals surface area contributed by atoms with Gasteiger partial charge in [-0.2, -0.15) is 0 Å². The van der Waals surface area contributed by atoms with Crippen LogP contribution >= 0.6 is 0 Å². The van der Waals surface area contributed by atoms with Crippen molar-refractivity contribution in [3.8, 4) is 5.75 Å². The molecule has 0 aliphatic heterocycles. The molecule has 1 heterocycles.